The SMILES string of the molecule is CCN1CCN(C2CC[N+]3(C=C3)CC2)CC1. The molecule has 3 nitrogen and oxygen atoms in total. The molecule has 0 aromatic heterocycles. The lowest BCUT2D eigenvalue weighted by Crippen LogP contribution is -2.53. The first-order valence-corrected chi connectivity index (χ1v) is 6.85. The molecule has 0 saturated carbocycles. The molecule has 0 N–H and O–H groups in total. The highest BCUT2D eigenvalue weighted by Gasteiger charge is 2.40. The van der Waals surface area contributed by atoms with Crippen molar-refractivity contribution in [2.24, 2.45) is 0 Å². The molecule has 0 unspecified atom stereocenters. The molecule has 3 heteroatoms. The maximum Gasteiger partial charge on any atom is 0.155 e. The summed E-state index contributed by atoms with van der Waals surface area (Å²) < 4.78 is 1.23. The molecule has 1 spiro atoms. The van der Waals surface area contributed by atoms with Gasteiger partial charge in [0.25, 0.3) is 0 Å². The molecule has 0 aromatic carbocycles. The molecule has 3 aliphatic rings. The fourth-order valence-corrected chi connectivity index (χ4v) is 3.24. The normalized spacial score (nSPS) is 31.1. The second-order valence-electron chi connectivity index (χ2n) is 5.55. The van der Waals surface area contributed by atoms with Crippen molar-refractivity contribution in [1.82, 2.24) is 9.80 Å². The standard InChI is InChI=1S/C13H24N3/c1-2-14-5-7-15(8-6-14)13-3-9-16(10-4-13)11-12-16/h11-13H,2-10H2,1H3/q+1. The summed E-state index contributed by atoms with van der Waals surface area (Å²) in [6.07, 6.45) is 7.54. The first-order chi connectivity index (χ1) is 7.81. The first-order valence-electron chi connectivity index (χ1n) is 6.85. The van der Waals surface area contributed by atoms with Gasteiger partial charge in [-0.05, 0) is 6.54 Å². The van der Waals surface area contributed by atoms with Gasteiger partial charge in [-0.15, -0.1) is 0 Å². The van der Waals surface area contributed by atoms with E-state index < -0.39 is 0 Å². The smallest absolute Gasteiger partial charge is 0.155 e. The molecule has 2 fully saturated rings. The predicted molar refractivity (Wildman–Crippen MR) is 65.8 cm³/mol. The zero-order valence-corrected chi connectivity index (χ0v) is 10.4. The number of likely N-dealkylation sites (N-methyl/N-ethyl adjacent to an activating group) is 1. The monoisotopic (exact) mass is 222 g/mol. The summed E-state index contributed by atoms with van der Waals surface area (Å²) >= 11 is 0. The Balaban J connectivity index is 1.47. The number of piperidine rings is 1. The number of quaternary nitrogens is 1. The Morgan fingerprint density at radius 1 is 1.06 bits per heavy atom. The number of hydrogen-bond donors (Lipinski definition) is 0. The van der Waals surface area contributed by atoms with E-state index in [1.165, 1.54) is 63.1 Å². The molecule has 2 saturated heterocycles. The van der Waals surface area contributed by atoms with Gasteiger partial charge in [0.2, 0.25) is 0 Å². The van der Waals surface area contributed by atoms with Crippen LogP contribution in [0, 0.1) is 0 Å². The number of rotatable bonds is 2. The predicted octanol–water partition coefficient (Wildman–Crippen LogP) is 1.09. The van der Waals surface area contributed by atoms with Crippen LogP contribution >= 0.6 is 0 Å². The first kappa shape index (κ1) is 10.8. The highest BCUT2D eigenvalue weighted by atomic mass is 15.4. The second-order valence-corrected chi connectivity index (χ2v) is 5.55. The van der Waals surface area contributed by atoms with E-state index in [1.54, 1.807) is 0 Å². The summed E-state index contributed by atoms with van der Waals surface area (Å²) in [4.78, 5) is 5.31. The lowest BCUT2D eigenvalue weighted by molar-refractivity contribution is -0.775. The van der Waals surface area contributed by atoms with Gasteiger partial charge in [-0.1, -0.05) is 6.92 Å². The molecular formula is C13H24N3+. The molecule has 0 bridgehead atoms. The average molecular weight is 222 g/mol. The summed E-state index contributed by atoms with van der Waals surface area (Å²) in [5.41, 5.74) is 0. The van der Waals surface area contributed by atoms with Crippen LogP contribution in [0.3, 0.4) is 0 Å². The van der Waals surface area contributed by atoms with E-state index in [-0.39, 0.29) is 0 Å². The summed E-state index contributed by atoms with van der Waals surface area (Å²) in [7, 11) is 0. The zero-order chi connectivity index (χ0) is 11.0. The average Bonchev–Trinajstić information content (AvgIpc) is 3.10. The van der Waals surface area contributed by atoms with E-state index >= 15 is 0 Å². The van der Waals surface area contributed by atoms with Gasteiger partial charge in [0, 0.05) is 45.1 Å². The lowest BCUT2D eigenvalue weighted by Gasteiger charge is -2.41. The van der Waals surface area contributed by atoms with Crippen LogP contribution in [0.1, 0.15) is 19.8 Å². The quantitative estimate of drug-likeness (QED) is 0.645. The summed E-state index contributed by atoms with van der Waals surface area (Å²) in [5.74, 6) is 0. The molecule has 0 atom stereocenters. The molecule has 3 rings (SSSR count). The molecular weight excluding hydrogens is 198 g/mol. The van der Waals surface area contributed by atoms with Crippen molar-refractivity contribution in [2.75, 3.05) is 45.8 Å². The maximum atomic E-state index is 2.74. The van der Waals surface area contributed by atoms with Crippen LogP contribution in [0.4, 0.5) is 0 Å². The Kier molecular flexibility index (Phi) is 2.78. The Morgan fingerprint density at radius 3 is 2.19 bits per heavy atom. The van der Waals surface area contributed by atoms with Gasteiger partial charge in [0.05, 0.1) is 13.1 Å². The van der Waals surface area contributed by atoms with Gasteiger partial charge in [0.15, 0.2) is 12.4 Å². The van der Waals surface area contributed by atoms with Gasteiger partial charge in [-0.2, -0.15) is 0 Å². The van der Waals surface area contributed by atoms with E-state index in [4.69, 9.17) is 0 Å². The van der Waals surface area contributed by atoms with Gasteiger partial charge in [-0.3, -0.25) is 9.38 Å². The van der Waals surface area contributed by atoms with Gasteiger partial charge >= 0.3 is 0 Å². The molecule has 90 valence electrons. The van der Waals surface area contributed by atoms with Crippen LogP contribution in [0.15, 0.2) is 12.4 Å². The summed E-state index contributed by atoms with van der Waals surface area (Å²) in [6.45, 7) is 11.4. The van der Waals surface area contributed by atoms with Crippen LogP contribution in [0.25, 0.3) is 0 Å². The van der Waals surface area contributed by atoms with Gasteiger partial charge in [0.1, 0.15) is 0 Å². The fraction of sp³-hybridized carbons (Fsp3) is 0.846. The van der Waals surface area contributed by atoms with Crippen molar-refractivity contribution < 1.29 is 4.48 Å². The fourth-order valence-electron chi connectivity index (χ4n) is 3.24. The van der Waals surface area contributed by atoms with Crippen molar-refractivity contribution in [3.63, 3.8) is 0 Å². The molecule has 3 aliphatic heterocycles. The van der Waals surface area contributed by atoms with E-state index in [0.717, 1.165) is 6.04 Å². The van der Waals surface area contributed by atoms with E-state index in [2.05, 4.69) is 29.1 Å². The zero-order valence-electron chi connectivity index (χ0n) is 10.4. The van der Waals surface area contributed by atoms with Crippen molar-refractivity contribution in [3.05, 3.63) is 12.4 Å². The minimum atomic E-state index is 0.880. The summed E-state index contributed by atoms with van der Waals surface area (Å²) in [6, 6.07) is 0.880. The Morgan fingerprint density at radius 2 is 1.69 bits per heavy atom. The van der Waals surface area contributed by atoms with E-state index in [9.17, 15) is 0 Å². The largest absolute Gasteiger partial charge is 0.301 e. The lowest BCUT2D eigenvalue weighted by atomic mass is 10.0. The third-order valence-corrected chi connectivity index (χ3v) is 4.70. The third-order valence-electron chi connectivity index (χ3n) is 4.70. The molecule has 0 aliphatic carbocycles. The summed E-state index contributed by atoms with van der Waals surface area (Å²) in [5, 5.41) is 0. The van der Waals surface area contributed by atoms with Gasteiger partial charge < -0.3 is 4.90 Å². The van der Waals surface area contributed by atoms with E-state index in [1.807, 2.05) is 0 Å². The number of piperazine rings is 1. The van der Waals surface area contributed by atoms with Crippen molar-refractivity contribution in [2.45, 2.75) is 25.8 Å². The minimum Gasteiger partial charge on any atom is -0.301 e. The number of hydrogen-bond acceptors (Lipinski definition) is 2. The van der Waals surface area contributed by atoms with Crippen molar-refractivity contribution in [3.8, 4) is 0 Å². The van der Waals surface area contributed by atoms with Crippen LogP contribution in [-0.2, 0) is 0 Å². The highest BCUT2D eigenvalue weighted by molar-refractivity contribution is 4.90. The molecule has 0 amide bonds. The van der Waals surface area contributed by atoms with Crippen LogP contribution in [0.5, 0.6) is 0 Å². The van der Waals surface area contributed by atoms with Crippen molar-refractivity contribution in [1.29, 1.82) is 0 Å². The third kappa shape index (κ3) is 2.04. The number of nitrogens with zero attached hydrogens (tertiary/aromatic N) is 3. The second kappa shape index (κ2) is 4.13. The van der Waals surface area contributed by atoms with Gasteiger partial charge in [-0.25, -0.2) is 0 Å². The highest BCUT2D eigenvalue weighted by Crippen LogP contribution is 2.31. The molecule has 0 radical (unpaired) electrons. The van der Waals surface area contributed by atoms with Crippen LogP contribution in [0.2, 0.25) is 0 Å². The molecule has 0 aromatic rings. The molecule has 16 heavy (non-hydrogen) atoms. The molecule has 3 heterocycles. The topological polar surface area (TPSA) is 6.48 Å². The maximum absolute atomic E-state index is 2.74. The minimum absolute atomic E-state index is 0.880. The van der Waals surface area contributed by atoms with Crippen LogP contribution < -0.4 is 0 Å². The van der Waals surface area contributed by atoms with Crippen molar-refractivity contribution >= 4 is 0 Å². The van der Waals surface area contributed by atoms with Crippen LogP contribution in [-0.4, -0.2) is 66.1 Å². The Labute approximate surface area is 98.9 Å². The van der Waals surface area contributed by atoms with E-state index in [0.29, 0.717) is 0 Å². The Hall–Kier alpha value is -0.380. The Bertz CT molecular complexity index is 263.